The van der Waals surface area contributed by atoms with Crippen molar-refractivity contribution in [2.45, 2.75) is 48.8 Å². The third kappa shape index (κ3) is 8.27. The van der Waals surface area contributed by atoms with E-state index in [9.17, 15) is 26.3 Å². The molecule has 0 unspecified atom stereocenters. The molecule has 6 rings (SSSR count). The molecule has 0 saturated carbocycles. The number of alkyl halides is 6. The Labute approximate surface area is 297 Å². The van der Waals surface area contributed by atoms with E-state index in [0.717, 1.165) is 63.4 Å². The molecule has 4 nitrogen and oxygen atoms in total. The maximum Gasteiger partial charge on any atom is 0.417 e. The number of nitrogens with zero attached hydrogens (tertiary/aromatic N) is 4. The predicted octanol–water partition coefficient (Wildman–Crippen LogP) is 10.6. The molecule has 240 valence electrons. The van der Waals surface area contributed by atoms with Gasteiger partial charge in [-0.2, -0.15) is 26.3 Å². The van der Waals surface area contributed by atoms with E-state index in [4.69, 9.17) is 0 Å². The standard InChI is InChI=1S/2C16H12F3IN2S/c2*1-2-23-14-6-12(20)8-22-15(14)10-3-9-4-11(16(17,18)19)7-21-13(9)5-10/h2*4-8H,2-3H2,1H3. The van der Waals surface area contributed by atoms with Crippen LogP contribution in [0.5, 0.6) is 0 Å². The van der Waals surface area contributed by atoms with Gasteiger partial charge < -0.3 is 0 Å². The van der Waals surface area contributed by atoms with E-state index < -0.39 is 23.5 Å². The second-order valence-corrected chi connectivity index (χ2v) is 15.2. The summed E-state index contributed by atoms with van der Waals surface area (Å²) in [6, 6.07) is 6.47. The molecule has 0 amide bonds. The monoisotopic (exact) mass is 896 g/mol. The average Bonchev–Trinajstić information content (AvgIpc) is 3.60. The summed E-state index contributed by atoms with van der Waals surface area (Å²) < 4.78 is 78.9. The van der Waals surface area contributed by atoms with E-state index in [-0.39, 0.29) is 0 Å². The van der Waals surface area contributed by atoms with Gasteiger partial charge in [-0.15, -0.1) is 23.5 Å². The molecule has 0 fully saturated rings. The molecule has 2 aliphatic carbocycles. The minimum Gasteiger partial charge on any atom is -0.256 e. The van der Waals surface area contributed by atoms with E-state index in [0.29, 0.717) is 35.4 Å². The molecule has 46 heavy (non-hydrogen) atoms. The van der Waals surface area contributed by atoms with Gasteiger partial charge in [-0.3, -0.25) is 19.9 Å². The van der Waals surface area contributed by atoms with Gasteiger partial charge in [-0.25, -0.2) is 0 Å². The van der Waals surface area contributed by atoms with Crippen LogP contribution in [0.2, 0.25) is 0 Å². The van der Waals surface area contributed by atoms with Crippen molar-refractivity contribution < 1.29 is 26.3 Å². The summed E-state index contributed by atoms with van der Waals surface area (Å²) in [6.45, 7) is 4.12. The van der Waals surface area contributed by atoms with Gasteiger partial charge in [0.05, 0.1) is 33.9 Å². The number of thioether (sulfide) groups is 2. The van der Waals surface area contributed by atoms with Gasteiger partial charge in [0.25, 0.3) is 0 Å². The van der Waals surface area contributed by atoms with Crippen LogP contribution < -0.4 is 0 Å². The Hall–Kier alpha value is -2.18. The molecule has 0 atom stereocenters. The number of aromatic nitrogens is 4. The molecule has 0 aliphatic heterocycles. The zero-order chi connectivity index (χ0) is 33.2. The molecule has 0 radical (unpaired) electrons. The lowest BCUT2D eigenvalue weighted by Crippen LogP contribution is -2.06. The summed E-state index contributed by atoms with van der Waals surface area (Å²) >= 11 is 7.77. The van der Waals surface area contributed by atoms with Crippen LogP contribution in [0.15, 0.2) is 58.8 Å². The fraction of sp³-hybridized carbons (Fsp3) is 0.250. The van der Waals surface area contributed by atoms with Crippen molar-refractivity contribution in [2.75, 3.05) is 11.5 Å². The second kappa shape index (κ2) is 14.5. The van der Waals surface area contributed by atoms with Crippen molar-refractivity contribution in [3.8, 4) is 0 Å². The molecule has 0 N–H and O–H groups in total. The van der Waals surface area contributed by atoms with Crippen molar-refractivity contribution in [1.82, 2.24) is 19.9 Å². The minimum absolute atomic E-state index is 0.428. The quantitative estimate of drug-likeness (QED) is 0.109. The molecule has 0 saturated heterocycles. The lowest BCUT2D eigenvalue weighted by molar-refractivity contribution is -0.138. The number of hydrogen-bond donors (Lipinski definition) is 0. The maximum absolute atomic E-state index is 12.8. The third-order valence-electron chi connectivity index (χ3n) is 6.89. The Kier molecular flexibility index (Phi) is 11.1. The normalized spacial score (nSPS) is 13.9. The highest BCUT2D eigenvalue weighted by Crippen LogP contribution is 2.39. The summed E-state index contributed by atoms with van der Waals surface area (Å²) in [5.41, 5.74) is 4.49. The molecule has 4 aromatic heterocycles. The van der Waals surface area contributed by atoms with Gasteiger partial charge in [0.15, 0.2) is 0 Å². The Bertz CT molecular complexity index is 1710. The Morgan fingerprint density at radius 1 is 0.609 bits per heavy atom. The lowest BCUT2D eigenvalue weighted by atomic mass is 10.1. The zero-order valence-corrected chi connectivity index (χ0v) is 30.2. The first kappa shape index (κ1) is 35.1. The first-order valence-corrected chi connectivity index (χ1v) is 18.0. The van der Waals surface area contributed by atoms with E-state index >= 15 is 0 Å². The van der Waals surface area contributed by atoms with Crippen LogP contribution in [-0.4, -0.2) is 31.4 Å². The summed E-state index contributed by atoms with van der Waals surface area (Å²) in [5.74, 6) is 1.82. The molecule has 0 bridgehead atoms. The molecule has 4 aromatic rings. The van der Waals surface area contributed by atoms with Crippen LogP contribution in [0.25, 0.3) is 23.3 Å². The van der Waals surface area contributed by atoms with Crippen LogP contribution in [0.4, 0.5) is 26.3 Å². The van der Waals surface area contributed by atoms with Crippen LogP contribution in [0.1, 0.15) is 58.9 Å². The molecule has 2 aliphatic rings. The second-order valence-electron chi connectivity index (χ2n) is 10.1. The molecule has 0 aromatic carbocycles. The van der Waals surface area contributed by atoms with Gasteiger partial charge in [0, 0.05) is 54.6 Å². The van der Waals surface area contributed by atoms with E-state index in [1.54, 1.807) is 35.9 Å². The van der Waals surface area contributed by atoms with Crippen LogP contribution in [-0.2, 0) is 25.2 Å². The number of halogens is 8. The smallest absolute Gasteiger partial charge is 0.256 e. The van der Waals surface area contributed by atoms with Gasteiger partial charge in [0.1, 0.15) is 0 Å². The largest absolute Gasteiger partial charge is 0.417 e. The van der Waals surface area contributed by atoms with Crippen LogP contribution in [0, 0.1) is 7.14 Å². The molecular weight excluding hydrogens is 872 g/mol. The maximum atomic E-state index is 12.8. The number of allylic oxidation sites excluding steroid dienone is 2. The van der Waals surface area contributed by atoms with Gasteiger partial charge in [0.2, 0.25) is 0 Å². The first-order chi connectivity index (χ1) is 21.8. The van der Waals surface area contributed by atoms with Gasteiger partial charge in [-0.05, 0) is 115 Å². The first-order valence-electron chi connectivity index (χ1n) is 13.9. The molecule has 0 spiro atoms. The third-order valence-corrected chi connectivity index (χ3v) is 9.89. The van der Waals surface area contributed by atoms with E-state index in [1.165, 1.54) is 12.1 Å². The highest BCUT2D eigenvalue weighted by Gasteiger charge is 2.33. The average molecular weight is 897 g/mol. The minimum atomic E-state index is -4.37. The SMILES string of the molecule is CCSc1cc(I)cnc1C1=Cc2ncc(C(F)(F)F)cc2C1.CCSc1cc(I)cnc1C1=Cc2ncc(C(F)(F)F)cc2C1. The fourth-order valence-electron chi connectivity index (χ4n) is 4.90. The van der Waals surface area contributed by atoms with Crippen LogP contribution in [0.3, 0.4) is 0 Å². The van der Waals surface area contributed by atoms with Gasteiger partial charge in [-0.1, -0.05) is 13.8 Å². The Morgan fingerprint density at radius 2 is 1.00 bits per heavy atom. The van der Waals surface area contributed by atoms with Crippen molar-refractivity contribution in [3.05, 3.63) is 101 Å². The van der Waals surface area contributed by atoms with Crippen molar-refractivity contribution in [1.29, 1.82) is 0 Å². The highest BCUT2D eigenvalue weighted by molar-refractivity contribution is 14.1. The Morgan fingerprint density at radius 3 is 1.35 bits per heavy atom. The molecule has 14 heteroatoms. The number of pyridine rings is 4. The van der Waals surface area contributed by atoms with Crippen molar-refractivity contribution in [3.63, 3.8) is 0 Å². The van der Waals surface area contributed by atoms with Crippen LogP contribution >= 0.6 is 68.7 Å². The number of hydrogen-bond acceptors (Lipinski definition) is 6. The predicted molar refractivity (Wildman–Crippen MR) is 188 cm³/mol. The topological polar surface area (TPSA) is 51.6 Å². The zero-order valence-electron chi connectivity index (χ0n) is 24.2. The number of fused-ring (bicyclic) bond motifs is 2. The fourth-order valence-corrected chi connectivity index (χ4v) is 7.90. The van der Waals surface area contributed by atoms with Gasteiger partial charge >= 0.3 is 12.4 Å². The highest BCUT2D eigenvalue weighted by atomic mass is 127. The Balaban J connectivity index is 0.000000181. The summed E-state index contributed by atoms with van der Waals surface area (Å²) in [6.07, 6.45) is 1.12. The summed E-state index contributed by atoms with van der Waals surface area (Å²) in [7, 11) is 0. The van der Waals surface area contributed by atoms with E-state index in [1.807, 2.05) is 12.2 Å². The number of rotatable bonds is 6. The summed E-state index contributed by atoms with van der Waals surface area (Å²) in [5, 5.41) is 0. The lowest BCUT2D eigenvalue weighted by Gasteiger charge is -2.09. The molecular formula is C32H24F6I2N4S2. The van der Waals surface area contributed by atoms with Crippen molar-refractivity contribution >= 4 is 92.0 Å². The molecule has 4 heterocycles. The van der Waals surface area contributed by atoms with E-state index in [2.05, 4.69) is 91.1 Å². The van der Waals surface area contributed by atoms with Crippen molar-refractivity contribution in [2.24, 2.45) is 0 Å². The summed E-state index contributed by atoms with van der Waals surface area (Å²) in [4.78, 5) is 19.0.